The third kappa shape index (κ3) is 5.84. The zero-order chi connectivity index (χ0) is 12.9. The molecule has 1 aliphatic rings. The number of rotatable bonds is 6. The third-order valence-corrected chi connectivity index (χ3v) is 3.74. The highest BCUT2D eigenvalue weighted by Gasteiger charge is 2.24. The van der Waals surface area contributed by atoms with Crippen LogP contribution in [0.25, 0.3) is 0 Å². The first-order valence-electron chi connectivity index (χ1n) is 7.10. The summed E-state index contributed by atoms with van der Waals surface area (Å²) in [6.07, 6.45) is 3.84. The van der Waals surface area contributed by atoms with E-state index in [1.807, 2.05) is 13.8 Å². The standard InChI is InChI=1S/C14H30N2O/c1-5-8-16-9-6-13(7-10-16)12(2)15-11-14(3,4)17/h12-13,15,17H,5-11H2,1-4H3. The zero-order valence-corrected chi connectivity index (χ0v) is 12.0. The Hall–Kier alpha value is -0.120. The van der Waals surface area contributed by atoms with Crippen LogP contribution in [0, 0.1) is 5.92 Å². The Labute approximate surface area is 107 Å². The lowest BCUT2D eigenvalue weighted by Gasteiger charge is -2.35. The highest BCUT2D eigenvalue weighted by molar-refractivity contribution is 4.81. The molecule has 0 saturated carbocycles. The molecule has 0 spiro atoms. The van der Waals surface area contributed by atoms with E-state index >= 15 is 0 Å². The van der Waals surface area contributed by atoms with Gasteiger partial charge in [-0.25, -0.2) is 0 Å². The summed E-state index contributed by atoms with van der Waals surface area (Å²) in [6.45, 7) is 12.6. The highest BCUT2D eigenvalue weighted by atomic mass is 16.3. The molecule has 0 aliphatic carbocycles. The number of nitrogens with one attached hydrogen (secondary N) is 1. The molecule has 0 bridgehead atoms. The van der Waals surface area contributed by atoms with Gasteiger partial charge in [0.15, 0.2) is 0 Å². The van der Waals surface area contributed by atoms with Crippen LogP contribution in [-0.2, 0) is 0 Å². The topological polar surface area (TPSA) is 35.5 Å². The number of hydrogen-bond acceptors (Lipinski definition) is 3. The SMILES string of the molecule is CCCN1CCC(C(C)NCC(C)(C)O)CC1. The summed E-state index contributed by atoms with van der Waals surface area (Å²) >= 11 is 0. The van der Waals surface area contributed by atoms with Crippen LogP contribution in [0.5, 0.6) is 0 Å². The number of likely N-dealkylation sites (tertiary alicyclic amines) is 1. The minimum Gasteiger partial charge on any atom is -0.389 e. The molecule has 3 heteroatoms. The lowest BCUT2D eigenvalue weighted by Crippen LogP contribution is -2.46. The second kappa shape index (κ2) is 6.72. The first kappa shape index (κ1) is 14.9. The maximum absolute atomic E-state index is 9.71. The monoisotopic (exact) mass is 242 g/mol. The van der Waals surface area contributed by atoms with Gasteiger partial charge in [-0.15, -0.1) is 0 Å². The van der Waals surface area contributed by atoms with Gasteiger partial charge in [-0.1, -0.05) is 6.92 Å². The Morgan fingerprint density at radius 2 is 1.94 bits per heavy atom. The third-order valence-electron chi connectivity index (χ3n) is 3.74. The van der Waals surface area contributed by atoms with Crippen LogP contribution in [0.2, 0.25) is 0 Å². The lowest BCUT2D eigenvalue weighted by atomic mass is 9.90. The van der Waals surface area contributed by atoms with E-state index in [1.165, 1.54) is 38.9 Å². The molecular weight excluding hydrogens is 212 g/mol. The summed E-state index contributed by atoms with van der Waals surface area (Å²) < 4.78 is 0. The first-order chi connectivity index (χ1) is 7.92. The molecule has 2 N–H and O–H groups in total. The van der Waals surface area contributed by atoms with Gasteiger partial charge in [0, 0.05) is 12.6 Å². The van der Waals surface area contributed by atoms with Gasteiger partial charge in [-0.05, 0) is 65.6 Å². The van der Waals surface area contributed by atoms with E-state index in [2.05, 4.69) is 24.1 Å². The summed E-state index contributed by atoms with van der Waals surface area (Å²) in [4.78, 5) is 2.57. The number of piperidine rings is 1. The van der Waals surface area contributed by atoms with Crippen molar-refractivity contribution in [2.75, 3.05) is 26.2 Å². The second-order valence-corrected chi connectivity index (χ2v) is 6.16. The molecule has 1 heterocycles. The average molecular weight is 242 g/mol. The normalized spacial score (nSPS) is 21.7. The van der Waals surface area contributed by atoms with E-state index in [4.69, 9.17) is 0 Å². The Morgan fingerprint density at radius 1 is 1.35 bits per heavy atom. The van der Waals surface area contributed by atoms with Gasteiger partial charge in [-0.2, -0.15) is 0 Å². The number of nitrogens with zero attached hydrogens (tertiary/aromatic N) is 1. The number of hydrogen-bond donors (Lipinski definition) is 2. The van der Waals surface area contributed by atoms with Crippen LogP contribution in [-0.4, -0.2) is 47.8 Å². The van der Waals surface area contributed by atoms with Crippen molar-refractivity contribution in [2.45, 2.75) is 58.6 Å². The largest absolute Gasteiger partial charge is 0.389 e. The molecular formula is C14H30N2O. The first-order valence-corrected chi connectivity index (χ1v) is 7.10. The van der Waals surface area contributed by atoms with Crippen LogP contribution in [0.3, 0.4) is 0 Å². The van der Waals surface area contributed by atoms with Gasteiger partial charge in [0.1, 0.15) is 0 Å². The fourth-order valence-corrected chi connectivity index (χ4v) is 2.57. The van der Waals surface area contributed by atoms with E-state index in [-0.39, 0.29) is 0 Å². The van der Waals surface area contributed by atoms with Crippen LogP contribution >= 0.6 is 0 Å². The molecule has 1 atom stereocenters. The molecule has 0 aromatic heterocycles. The zero-order valence-electron chi connectivity index (χ0n) is 12.0. The van der Waals surface area contributed by atoms with Crippen molar-refractivity contribution in [3.63, 3.8) is 0 Å². The molecule has 0 aromatic rings. The van der Waals surface area contributed by atoms with E-state index in [1.54, 1.807) is 0 Å². The smallest absolute Gasteiger partial charge is 0.0715 e. The predicted octanol–water partition coefficient (Wildman–Crippen LogP) is 1.86. The Balaban J connectivity index is 2.23. The van der Waals surface area contributed by atoms with Crippen LogP contribution in [0.1, 0.15) is 47.0 Å². The molecule has 17 heavy (non-hydrogen) atoms. The van der Waals surface area contributed by atoms with Gasteiger partial charge in [0.25, 0.3) is 0 Å². The van der Waals surface area contributed by atoms with Crippen LogP contribution < -0.4 is 5.32 Å². The van der Waals surface area contributed by atoms with Gasteiger partial charge in [-0.3, -0.25) is 0 Å². The highest BCUT2D eigenvalue weighted by Crippen LogP contribution is 2.20. The summed E-state index contributed by atoms with van der Waals surface area (Å²) in [6, 6.07) is 0.519. The molecule has 0 amide bonds. The van der Waals surface area contributed by atoms with Crippen molar-refractivity contribution in [3.8, 4) is 0 Å². The molecule has 1 saturated heterocycles. The second-order valence-electron chi connectivity index (χ2n) is 6.16. The van der Waals surface area contributed by atoms with Gasteiger partial charge in [0.2, 0.25) is 0 Å². The summed E-state index contributed by atoms with van der Waals surface area (Å²) in [5.41, 5.74) is -0.600. The van der Waals surface area contributed by atoms with E-state index < -0.39 is 5.60 Å². The Bertz CT molecular complexity index is 205. The van der Waals surface area contributed by atoms with E-state index in [0.717, 1.165) is 5.92 Å². The Kier molecular flexibility index (Phi) is 5.90. The summed E-state index contributed by atoms with van der Waals surface area (Å²) in [7, 11) is 0. The van der Waals surface area contributed by atoms with Crippen LogP contribution in [0.15, 0.2) is 0 Å². The molecule has 1 unspecified atom stereocenters. The van der Waals surface area contributed by atoms with Crippen molar-refractivity contribution >= 4 is 0 Å². The maximum Gasteiger partial charge on any atom is 0.0715 e. The molecule has 0 radical (unpaired) electrons. The fraction of sp³-hybridized carbons (Fsp3) is 1.00. The molecule has 1 fully saturated rings. The van der Waals surface area contributed by atoms with Crippen molar-refractivity contribution in [2.24, 2.45) is 5.92 Å². The van der Waals surface area contributed by atoms with Crippen molar-refractivity contribution < 1.29 is 5.11 Å². The van der Waals surface area contributed by atoms with Crippen molar-refractivity contribution in [1.29, 1.82) is 0 Å². The predicted molar refractivity (Wildman–Crippen MR) is 73.2 cm³/mol. The van der Waals surface area contributed by atoms with Gasteiger partial charge in [0.05, 0.1) is 5.60 Å². The molecule has 102 valence electrons. The fourth-order valence-electron chi connectivity index (χ4n) is 2.57. The maximum atomic E-state index is 9.71. The summed E-state index contributed by atoms with van der Waals surface area (Å²) in [5, 5.41) is 13.2. The summed E-state index contributed by atoms with van der Waals surface area (Å²) in [5.74, 6) is 0.769. The molecule has 0 aromatic carbocycles. The van der Waals surface area contributed by atoms with Crippen LogP contribution in [0.4, 0.5) is 0 Å². The van der Waals surface area contributed by atoms with E-state index in [9.17, 15) is 5.11 Å². The molecule has 1 aliphatic heterocycles. The molecule has 3 nitrogen and oxygen atoms in total. The lowest BCUT2D eigenvalue weighted by molar-refractivity contribution is 0.0706. The van der Waals surface area contributed by atoms with E-state index in [0.29, 0.717) is 12.6 Å². The van der Waals surface area contributed by atoms with Crippen molar-refractivity contribution in [1.82, 2.24) is 10.2 Å². The average Bonchev–Trinajstić information content (AvgIpc) is 2.26. The quantitative estimate of drug-likeness (QED) is 0.746. The van der Waals surface area contributed by atoms with Gasteiger partial charge < -0.3 is 15.3 Å². The Morgan fingerprint density at radius 3 is 2.41 bits per heavy atom. The van der Waals surface area contributed by atoms with Gasteiger partial charge >= 0.3 is 0 Å². The van der Waals surface area contributed by atoms with Crippen molar-refractivity contribution in [3.05, 3.63) is 0 Å². The minimum absolute atomic E-state index is 0.519. The molecule has 1 rings (SSSR count). The number of aliphatic hydroxyl groups is 1. The minimum atomic E-state index is -0.600.